The second-order valence-electron chi connectivity index (χ2n) is 8.96. The Balaban J connectivity index is 1.49. The summed E-state index contributed by atoms with van der Waals surface area (Å²) in [6.07, 6.45) is 7.93. The van der Waals surface area contributed by atoms with Crippen LogP contribution in [0.15, 0.2) is 89.5 Å². The Kier molecular flexibility index (Phi) is 6.91. The highest BCUT2D eigenvalue weighted by atomic mass is 79.9. The van der Waals surface area contributed by atoms with Crippen molar-refractivity contribution in [2.24, 2.45) is 5.92 Å². The normalized spacial score (nSPS) is 14.1. The van der Waals surface area contributed by atoms with E-state index in [-0.39, 0.29) is 5.91 Å². The molecule has 1 N–H and O–H groups in total. The number of rotatable bonds is 6. The number of halogens is 1. The minimum atomic E-state index is -0.0612. The molecule has 4 aromatic rings. The maximum atomic E-state index is 13.3. The fourth-order valence-corrected chi connectivity index (χ4v) is 5.16. The van der Waals surface area contributed by atoms with Gasteiger partial charge in [-0.1, -0.05) is 95.9 Å². The number of hydrogen-bond acceptors (Lipinski definition) is 2. The van der Waals surface area contributed by atoms with Crippen LogP contribution in [-0.2, 0) is 0 Å². The van der Waals surface area contributed by atoms with Gasteiger partial charge in [0.2, 0.25) is 0 Å². The van der Waals surface area contributed by atoms with Crippen LogP contribution in [0.1, 0.15) is 42.5 Å². The number of carbonyl (C=O) groups excluding carboxylic acids is 1. The first kappa shape index (κ1) is 22.6. The number of amides is 1. The molecule has 34 heavy (non-hydrogen) atoms. The van der Waals surface area contributed by atoms with Crippen molar-refractivity contribution < 1.29 is 4.79 Å². The molecule has 0 atom stereocenters. The molecule has 172 valence electrons. The number of nitrogens with zero attached hydrogens (tertiary/aromatic N) is 2. The summed E-state index contributed by atoms with van der Waals surface area (Å²) in [6, 6.07) is 26.6. The van der Waals surface area contributed by atoms with E-state index in [0.717, 1.165) is 33.5 Å². The van der Waals surface area contributed by atoms with Gasteiger partial charge in [0, 0.05) is 16.6 Å². The molecule has 5 rings (SSSR count). The van der Waals surface area contributed by atoms with Gasteiger partial charge in [-0.2, -0.15) is 5.10 Å². The van der Waals surface area contributed by atoms with Crippen molar-refractivity contribution in [2.45, 2.75) is 32.1 Å². The monoisotopic (exact) mass is 513 g/mol. The highest BCUT2D eigenvalue weighted by Crippen LogP contribution is 2.30. The Bertz CT molecular complexity index is 1260. The molecule has 1 aliphatic carbocycles. The Hall–Kier alpha value is -3.18. The molecule has 4 nitrogen and oxygen atoms in total. The largest absolute Gasteiger partial charge is 0.352 e. The molecule has 1 aromatic heterocycles. The van der Waals surface area contributed by atoms with Crippen LogP contribution in [0, 0.1) is 5.92 Å². The van der Waals surface area contributed by atoms with Crippen molar-refractivity contribution in [3.63, 3.8) is 0 Å². The predicted molar refractivity (Wildman–Crippen MR) is 141 cm³/mol. The summed E-state index contributed by atoms with van der Waals surface area (Å²) in [4.78, 5) is 13.3. The zero-order valence-electron chi connectivity index (χ0n) is 19.1. The van der Waals surface area contributed by atoms with E-state index in [9.17, 15) is 4.79 Å². The van der Waals surface area contributed by atoms with Gasteiger partial charge in [-0.25, -0.2) is 4.68 Å². The number of carbonyl (C=O) groups is 1. The minimum Gasteiger partial charge on any atom is -0.352 e. The van der Waals surface area contributed by atoms with Gasteiger partial charge in [-0.3, -0.25) is 4.79 Å². The third-order valence-electron chi connectivity index (χ3n) is 6.61. The fourth-order valence-electron chi connectivity index (χ4n) is 4.77. The maximum absolute atomic E-state index is 13.3. The summed E-state index contributed by atoms with van der Waals surface area (Å²) in [6.45, 7) is 0.729. The molecule has 0 radical (unpaired) electrons. The third kappa shape index (κ3) is 5.00. The van der Waals surface area contributed by atoms with E-state index in [1.807, 2.05) is 47.1 Å². The van der Waals surface area contributed by atoms with Gasteiger partial charge in [-0.05, 0) is 48.1 Å². The molecular formula is C29H28BrN3O. The van der Waals surface area contributed by atoms with E-state index in [1.54, 1.807) is 6.20 Å². The van der Waals surface area contributed by atoms with Crippen LogP contribution in [0.4, 0.5) is 0 Å². The van der Waals surface area contributed by atoms with Crippen molar-refractivity contribution in [3.8, 4) is 28.1 Å². The molecular weight excluding hydrogens is 486 g/mol. The van der Waals surface area contributed by atoms with Gasteiger partial charge < -0.3 is 5.32 Å². The van der Waals surface area contributed by atoms with Crippen LogP contribution in [-0.4, -0.2) is 22.2 Å². The van der Waals surface area contributed by atoms with Gasteiger partial charge in [0.1, 0.15) is 0 Å². The Morgan fingerprint density at radius 3 is 2.32 bits per heavy atom. The second kappa shape index (κ2) is 10.4. The minimum absolute atomic E-state index is 0.0612. The van der Waals surface area contributed by atoms with E-state index in [4.69, 9.17) is 0 Å². The first-order valence-electron chi connectivity index (χ1n) is 12.0. The molecule has 0 unspecified atom stereocenters. The summed E-state index contributed by atoms with van der Waals surface area (Å²) >= 11 is 3.56. The molecule has 3 aromatic carbocycles. The molecule has 0 spiro atoms. The Labute approximate surface area is 209 Å². The molecule has 0 aliphatic heterocycles. The average molecular weight is 514 g/mol. The van der Waals surface area contributed by atoms with Crippen molar-refractivity contribution in [1.29, 1.82) is 0 Å². The molecule has 5 heteroatoms. The highest BCUT2D eigenvalue weighted by Gasteiger charge is 2.22. The average Bonchev–Trinajstić information content (AvgIpc) is 3.34. The number of nitrogens with one attached hydrogen (secondary N) is 1. The Morgan fingerprint density at radius 2 is 1.59 bits per heavy atom. The quantitative estimate of drug-likeness (QED) is 0.294. The molecule has 1 fully saturated rings. The van der Waals surface area contributed by atoms with Gasteiger partial charge in [0.05, 0.1) is 23.1 Å². The standard InChI is InChI=1S/C29H28BrN3O/c30-25-12-7-13-26(18-25)33-28(24-16-14-23(15-17-24)22-10-5-2-6-11-22)27(20-32-33)29(34)31-19-21-8-3-1-4-9-21/h2,5-7,10-18,20-21H,1,3-4,8-9,19H2,(H,31,34). The van der Waals surface area contributed by atoms with Crippen molar-refractivity contribution in [1.82, 2.24) is 15.1 Å². The van der Waals surface area contributed by atoms with Gasteiger partial charge in [0.25, 0.3) is 5.91 Å². The van der Waals surface area contributed by atoms with Crippen LogP contribution in [0.5, 0.6) is 0 Å². The predicted octanol–water partition coefficient (Wildman–Crippen LogP) is 7.28. The lowest BCUT2D eigenvalue weighted by molar-refractivity contribution is 0.0944. The van der Waals surface area contributed by atoms with Gasteiger partial charge >= 0.3 is 0 Å². The molecule has 0 saturated heterocycles. The third-order valence-corrected chi connectivity index (χ3v) is 7.10. The fraction of sp³-hybridized carbons (Fsp3) is 0.241. The van der Waals surface area contributed by atoms with E-state index in [0.29, 0.717) is 11.5 Å². The highest BCUT2D eigenvalue weighted by molar-refractivity contribution is 9.10. The first-order valence-corrected chi connectivity index (χ1v) is 12.8. The Morgan fingerprint density at radius 1 is 0.882 bits per heavy atom. The lowest BCUT2D eigenvalue weighted by Gasteiger charge is -2.21. The van der Waals surface area contributed by atoms with Crippen molar-refractivity contribution in [2.75, 3.05) is 6.54 Å². The summed E-state index contributed by atoms with van der Waals surface area (Å²) in [5.41, 5.74) is 5.58. The summed E-state index contributed by atoms with van der Waals surface area (Å²) in [5.74, 6) is 0.514. The van der Waals surface area contributed by atoms with E-state index in [1.165, 1.54) is 37.7 Å². The van der Waals surface area contributed by atoms with Crippen LogP contribution >= 0.6 is 15.9 Å². The maximum Gasteiger partial charge on any atom is 0.255 e. The van der Waals surface area contributed by atoms with E-state index < -0.39 is 0 Å². The molecule has 1 saturated carbocycles. The molecule has 1 amide bonds. The smallest absolute Gasteiger partial charge is 0.255 e. The zero-order valence-corrected chi connectivity index (χ0v) is 20.7. The van der Waals surface area contributed by atoms with Crippen molar-refractivity contribution in [3.05, 3.63) is 95.1 Å². The van der Waals surface area contributed by atoms with Gasteiger partial charge in [0.15, 0.2) is 0 Å². The topological polar surface area (TPSA) is 46.9 Å². The van der Waals surface area contributed by atoms with E-state index >= 15 is 0 Å². The van der Waals surface area contributed by atoms with Crippen LogP contribution in [0.3, 0.4) is 0 Å². The first-order chi connectivity index (χ1) is 16.7. The lowest BCUT2D eigenvalue weighted by atomic mass is 9.89. The molecule has 1 aliphatic rings. The molecule has 1 heterocycles. The SMILES string of the molecule is O=C(NCC1CCCCC1)c1cnn(-c2cccc(Br)c2)c1-c1ccc(-c2ccccc2)cc1. The van der Waals surface area contributed by atoms with Gasteiger partial charge in [-0.15, -0.1) is 0 Å². The number of hydrogen-bond donors (Lipinski definition) is 1. The number of benzene rings is 3. The zero-order chi connectivity index (χ0) is 23.3. The van der Waals surface area contributed by atoms with Crippen LogP contribution < -0.4 is 5.32 Å². The molecule has 0 bridgehead atoms. The van der Waals surface area contributed by atoms with Crippen molar-refractivity contribution >= 4 is 21.8 Å². The van der Waals surface area contributed by atoms with Crippen LogP contribution in [0.25, 0.3) is 28.1 Å². The summed E-state index contributed by atoms with van der Waals surface area (Å²) in [7, 11) is 0. The van der Waals surface area contributed by atoms with Crippen LogP contribution in [0.2, 0.25) is 0 Å². The summed E-state index contributed by atoms with van der Waals surface area (Å²) in [5, 5.41) is 7.83. The second-order valence-corrected chi connectivity index (χ2v) is 9.87. The number of aromatic nitrogens is 2. The summed E-state index contributed by atoms with van der Waals surface area (Å²) < 4.78 is 2.83. The van der Waals surface area contributed by atoms with E-state index in [2.05, 4.69) is 62.7 Å². The lowest BCUT2D eigenvalue weighted by Crippen LogP contribution is -2.30.